The van der Waals surface area contributed by atoms with Gasteiger partial charge in [-0.05, 0) is 24.3 Å². The molecule has 1 rings (SSSR count). The molecule has 0 saturated carbocycles. The first-order valence-corrected chi connectivity index (χ1v) is 7.70. The van der Waals surface area contributed by atoms with Crippen LogP contribution < -0.4 is 10.0 Å². The Morgan fingerprint density at radius 2 is 1.76 bits per heavy atom. The Kier molecular flexibility index (Phi) is 6.12. The van der Waals surface area contributed by atoms with E-state index in [-0.39, 0.29) is 24.7 Å². The predicted molar refractivity (Wildman–Crippen MR) is 75.5 cm³/mol. The number of aliphatic hydroxyl groups is 1. The van der Waals surface area contributed by atoms with Gasteiger partial charge in [0, 0.05) is 17.8 Å². The summed E-state index contributed by atoms with van der Waals surface area (Å²) in [6, 6.07) is 5.63. The van der Waals surface area contributed by atoms with Crippen molar-refractivity contribution < 1.29 is 28.2 Å². The third-order valence-corrected chi connectivity index (χ3v) is 3.69. The number of rotatable bonds is 8. The molecule has 1 amide bonds. The van der Waals surface area contributed by atoms with Crippen LogP contribution >= 0.6 is 0 Å². The van der Waals surface area contributed by atoms with Gasteiger partial charge in [-0.2, -0.15) is 0 Å². The number of anilines is 1. The molecule has 0 aliphatic heterocycles. The molecule has 116 valence electrons. The molecule has 0 unspecified atom stereocenters. The van der Waals surface area contributed by atoms with E-state index in [1.165, 1.54) is 24.3 Å². The Bertz CT molecular complexity index is 597. The summed E-state index contributed by atoms with van der Waals surface area (Å²) in [7, 11) is -3.74. The van der Waals surface area contributed by atoms with Crippen LogP contribution in [-0.4, -0.2) is 49.4 Å². The van der Waals surface area contributed by atoms with Gasteiger partial charge in [0.1, 0.15) is 0 Å². The van der Waals surface area contributed by atoms with Crippen molar-refractivity contribution in [3.8, 4) is 0 Å². The van der Waals surface area contributed by atoms with Crippen LogP contribution in [0, 0.1) is 0 Å². The van der Waals surface area contributed by atoms with Crippen molar-refractivity contribution in [2.24, 2.45) is 0 Å². The van der Waals surface area contributed by atoms with E-state index in [9.17, 15) is 18.0 Å². The van der Waals surface area contributed by atoms with E-state index in [0.717, 1.165) is 0 Å². The maximum atomic E-state index is 11.6. The molecule has 0 atom stereocenters. The topological polar surface area (TPSA) is 133 Å². The van der Waals surface area contributed by atoms with E-state index in [0.29, 0.717) is 5.56 Å². The van der Waals surface area contributed by atoms with Crippen LogP contribution in [-0.2, 0) is 14.8 Å². The van der Waals surface area contributed by atoms with Crippen molar-refractivity contribution >= 4 is 27.6 Å². The molecule has 0 fully saturated rings. The van der Waals surface area contributed by atoms with Crippen molar-refractivity contribution in [1.29, 1.82) is 0 Å². The third-order valence-electron chi connectivity index (χ3n) is 2.40. The maximum Gasteiger partial charge on any atom is 0.304 e. The van der Waals surface area contributed by atoms with Gasteiger partial charge >= 0.3 is 5.97 Å². The lowest BCUT2D eigenvalue weighted by molar-refractivity contribution is -0.136. The molecule has 1 aromatic rings. The molecular weight excluding hydrogens is 300 g/mol. The number of hydrogen-bond acceptors (Lipinski definition) is 5. The quantitative estimate of drug-likeness (QED) is 0.517. The molecule has 0 aliphatic carbocycles. The van der Waals surface area contributed by atoms with Crippen molar-refractivity contribution in [3.63, 3.8) is 0 Å². The lowest BCUT2D eigenvalue weighted by atomic mass is 10.2. The van der Waals surface area contributed by atoms with E-state index in [1.54, 1.807) is 0 Å². The molecule has 8 nitrogen and oxygen atoms in total. The zero-order chi connectivity index (χ0) is 15.9. The van der Waals surface area contributed by atoms with Crippen molar-refractivity contribution in [2.45, 2.75) is 6.42 Å². The van der Waals surface area contributed by atoms with Gasteiger partial charge in [0.25, 0.3) is 5.91 Å². The number of aliphatic hydroxyl groups excluding tert-OH is 1. The summed E-state index contributed by atoms with van der Waals surface area (Å²) in [6.45, 7) is -0.0460. The molecule has 0 bridgehead atoms. The third kappa shape index (κ3) is 6.23. The Morgan fingerprint density at radius 1 is 1.14 bits per heavy atom. The van der Waals surface area contributed by atoms with Gasteiger partial charge in [-0.1, -0.05) is 0 Å². The summed E-state index contributed by atoms with van der Waals surface area (Å²) in [5.74, 6) is -2.11. The lowest BCUT2D eigenvalue weighted by Crippen LogP contribution is -2.26. The molecule has 0 radical (unpaired) electrons. The first-order chi connectivity index (χ1) is 9.84. The van der Waals surface area contributed by atoms with E-state index in [4.69, 9.17) is 10.2 Å². The molecular formula is C12H16N2O6S. The van der Waals surface area contributed by atoms with E-state index in [1.807, 2.05) is 0 Å². The summed E-state index contributed by atoms with van der Waals surface area (Å²) in [6.07, 6.45) is -0.489. The number of carbonyl (C=O) groups is 2. The second kappa shape index (κ2) is 7.60. The zero-order valence-corrected chi connectivity index (χ0v) is 11.9. The molecule has 0 aromatic heterocycles. The first-order valence-electron chi connectivity index (χ1n) is 6.05. The van der Waals surface area contributed by atoms with Gasteiger partial charge in [-0.3, -0.25) is 14.3 Å². The highest BCUT2D eigenvalue weighted by Gasteiger charge is 2.13. The number of carboxylic acids is 1. The number of benzene rings is 1. The van der Waals surface area contributed by atoms with E-state index in [2.05, 4.69) is 10.0 Å². The standard InChI is InChI=1S/C12H16N2O6S/c15-7-6-13-12(18)9-1-3-10(4-2-9)14-21(19,20)8-5-11(16)17/h1-4,14-15H,5-8H2,(H,13,18)(H,16,17). The summed E-state index contributed by atoms with van der Waals surface area (Å²) >= 11 is 0. The Balaban J connectivity index is 2.66. The summed E-state index contributed by atoms with van der Waals surface area (Å²) in [4.78, 5) is 21.9. The maximum absolute atomic E-state index is 11.6. The fraction of sp³-hybridized carbons (Fsp3) is 0.333. The molecule has 0 spiro atoms. The fourth-order valence-electron chi connectivity index (χ4n) is 1.41. The highest BCUT2D eigenvalue weighted by molar-refractivity contribution is 7.92. The normalized spacial score (nSPS) is 10.9. The van der Waals surface area contributed by atoms with Gasteiger partial charge in [0.2, 0.25) is 10.0 Å². The summed E-state index contributed by atoms with van der Waals surface area (Å²) in [5, 5.41) is 19.5. The van der Waals surface area contributed by atoms with E-state index < -0.39 is 28.2 Å². The van der Waals surface area contributed by atoms with Gasteiger partial charge in [-0.15, -0.1) is 0 Å². The molecule has 9 heteroatoms. The highest BCUT2D eigenvalue weighted by Crippen LogP contribution is 2.12. The average Bonchev–Trinajstić information content (AvgIpc) is 2.43. The molecule has 0 aliphatic rings. The van der Waals surface area contributed by atoms with Gasteiger partial charge in [0.15, 0.2) is 0 Å². The average molecular weight is 316 g/mol. The second-order valence-corrected chi connectivity index (χ2v) is 5.96. The van der Waals surface area contributed by atoms with Crippen molar-refractivity contribution in [1.82, 2.24) is 5.32 Å². The number of nitrogens with one attached hydrogen (secondary N) is 2. The van der Waals surface area contributed by atoms with Crippen LogP contribution in [0.15, 0.2) is 24.3 Å². The fourth-order valence-corrected chi connectivity index (χ4v) is 2.45. The minimum absolute atomic E-state index is 0.127. The molecule has 4 N–H and O–H groups in total. The van der Waals surface area contributed by atoms with Gasteiger partial charge in [0.05, 0.1) is 18.8 Å². The van der Waals surface area contributed by atoms with Gasteiger partial charge in [-0.25, -0.2) is 8.42 Å². The Hall–Kier alpha value is -2.13. The molecule has 0 saturated heterocycles. The Morgan fingerprint density at radius 3 is 2.29 bits per heavy atom. The van der Waals surface area contributed by atoms with Crippen LogP contribution in [0.2, 0.25) is 0 Å². The van der Waals surface area contributed by atoms with Crippen LogP contribution in [0.25, 0.3) is 0 Å². The number of amides is 1. The smallest absolute Gasteiger partial charge is 0.304 e. The van der Waals surface area contributed by atoms with Crippen LogP contribution in [0.3, 0.4) is 0 Å². The zero-order valence-electron chi connectivity index (χ0n) is 11.1. The molecule has 0 heterocycles. The first kappa shape index (κ1) is 16.9. The number of aliphatic carboxylic acids is 1. The van der Waals surface area contributed by atoms with E-state index >= 15 is 0 Å². The largest absolute Gasteiger partial charge is 0.481 e. The minimum atomic E-state index is -3.74. The summed E-state index contributed by atoms with van der Waals surface area (Å²) < 4.78 is 25.4. The highest BCUT2D eigenvalue weighted by atomic mass is 32.2. The Labute approximate surface area is 121 Å². The number of hydrogen-bond donors (Lipinski definition) is 4. The number of sulfonamides is 1. The van der Waals surface area contributed by atoms with Crippen LogP contribution in [0.1, 0.15) is 16.8 Å². The number of carbonyl (C=O) groups excluding carboxylic acids is 1. The van der Waals surface area contributed by atoms with Crippen LogP contribution in [0.4, 0.5) is 5.69 Å². The van der Waals surface area contributed by atoms with Crippen molar-refractivity contribution in [3.05, 3.63) is 29.8 Å². The van der Waals surface area contributed by atoms with Crippen LogP contribution in [0.5, 0.6) is 0 Å². The number of carboxylic acid groups (broad SMARTS) is 1. The predicted octanol–water partition coefficient (Wildman–Crippen LogP) is -0.375. The van der Waals surface area contributed by atoms with Crippen molar-refractivity contribution in [2.75, 3.05) is 23.6 Å². The minimum Gasteiger partial charge on any atom is -0.481 e. The second-order valence-electron chi connectivity index (χ2n) is 4.12. The summed E-state index contributed by atoms with van der Waals surface area (Å²) in [5.41, 5.74) is 0.552. The monoisotopic (exact) mass is 316 g/mol. The molecule has 21 heavy (non-hydrogen) atoms. The lowest BCUT2D eigenvalue weighted by Gasteiger charge is -2.08. The van der Waals surface area contributed by atoms with Gasteiger partial charge < -0.3 is 15.5 Å². The molecule has 1 aromatic carbocycles. The SMILES string of the molecule is O=C(O)CCS(=O)(=O)Nc1ccc(C(=O)NCCO)cc1.